The Hall–Kier alpha value is -3.43. The highest BCUT2D eigenvalue weighted by Gasteiger charge is 2.27. The molecule has 0 aromatic carbocycles. The Bertz CT molecular complexity index is 1310. The Kier molecular flexibility index (Phi) is 7.20. The predicted octanol–water partition coefficient (Wildman–Crippen LogP) is 4.65. The van der Waals surface area contributed by atoms with Crippen molar-refractivity contribution < 1.29 is 4.74 Å². The average molecular weight is 487 g/mol. The molecule has 0 spiro atoms. The van der Waals surface area contributed by atoms with Crippen LogP contribution in [0.4, 0.5) is 11.6 Å². The summed E-state index contributed by atoms with van der Waals surface area (Å²) in [7, 11) is 0. The van der Waals surface area contributed by atoms with E-state index in [4.69, 9.17) is 9.72 Å². The highest BCUT2D eigenvalue weighted by molar-refractivity contribution is 5.81. The molecular weight excluding hydrogens is 452 g/mol. The Morgan fingerprint density at radius 2 is 1.83 bits per heavy atom. The molecule has 1 saturated heterocycles. The second kappa shape index (κ2) is 10.7. The van der Waals surface area contributed by atoms with Crippen molar-refractivity contribution >= 4 is 22.7 Å². The lowest BCUT2D eigenvalue weighted by Crippen LogP contribution is -2.53. The normalized spacial score (nSPS) is 14.6. The Labute approximate surface area is 211 Å². The Morgan fingerprint density at radius 1 is 0.972 bits per heavy atom. The number of aryl methyl sites for hydroxylation is 1. The number of fused-ring (bicyclic) bond motifs is 1. The minimum Gasteiger partial charge on any atom is -0.373 e. The summed E-state index contributed by atoms with van der Waals surface area (Å²) in [6.45, 7) is 12.5. The van der Waals surface area contributed by atoms with Crippen LogP contribution >= 0.6 is 0 Å². The first kappa shape index (κ1) is 24.3. The summed E-state index contributed by atoms with van der Waals surface area (Å²) in [5.74, 6) is 1.77. The zero-order valence-corrected chi connectivity index (χ0v) is 21.4. The number of nitrogens with zero attached hydrogens (tertiary/aromatic N) is 7. The monoisotopic (exact) mass is 486 g/mol. The third-order valence-electron chi connectivity index (χ3n) is 6.35. The maximum atomic E-state index is 5.83. The summed E-state index contributed by atoms with van der Waals surface area (Å²) in [6, 6.07) is 7.93. The number of nitrogens with one attached hydrogen (secondary N) is 1. The van der Waals surface area contributed by atoms with E-state index in [1.807, 2.05) is 35.3 Å². The van der Waals surface area contributed by atoms with Crippen molar-refractivity contribution in [1.82, 2.24) is 34.8 Å². The van der Waals surface area contributed by atoms with Crippen molar-refractivity contribution in [2.75, 3.05) is 25.0 Å². The van der Waals surface area contributed by atoms with Gasteiger partial charge in [0.2, 0.25) is 0 Å². The molecule has 1 aliphatic rings. The number of rotatable bonds is 10. The SMILES string of the molecule is CC(C)OC1CN(CCCn2cc(-c3cnc4ccc(Nc5cc(C(C)C)cnn5)nc4c3)cn2)C1. The van der Waals surface area contributed by atoms with Crippen molar-refractivity contribution in [1.29, 1.82) is 0 Å². The van der Waals surface area contributed by atoms with Gasteiger partial charge in [-0.2, -0.15) is 10.2 Å². The lowest BCUT2D eigenvalue weighted by molar-refractivity contribution is -0.0807. The number of hydrogen-bond donors (Lipinski definition) is 1. The summed E-state index contributed by atoms with van der Waals surface area (Å²) < 4.78 is 7.84. The van der Waals surface area contributed by atoms with Crippen molar-refractivity contribution in [3.63, 3.8) is 0 Å². The molecule has 1 fully saturated rings. The second-order valence-electron chi connectivity index (χ2n) is 10.0. The molecule has 0 bridgehead atoms. The molecule has 0 amide bonds. The molecule has 36 heavy (non-hydrogen) atoms. The molecule has 1 N–H and O–H groups in total. The topological polar surface area (TPSA) is 93.9 Å². The van der Waals surface area contributed by atoms with Gasteiger partial charge < -0.3 is 10.1 Å². The van der Waals surface area contributed by atoms with Crippen LogP contribution in [0.2, 0.25) is 0 Å². The molecule has 9 heteroatoms. The van der Waals surface area contributed by atoms with Crippen molar-refractivity contribution in [2.45, 2.75) is 58.8 Å². The van der Waals surface area contributed by atoms with Gasteiger partial charge >= 0.3 is 0 Å². The molecule has 4 aromatic heterocycles. The smallest absolute Gasteiger partial charge is 0.154 e. The molecular formula is C27H34N8O. The minimum absolute atomic E-state index is 0.304. The number of likely N-dealkylation sites (tertiary alicyclic amines) is 1. The molecule has 0 unspecified atom stereocenters. The maximum Gasteiger partial charge on any atom is 0.154 e. The van der Waals surface area contributed by atoms with Crippen LogP contribution in [0.1, 0.15) is 45.6 Å². The van der Waals surface area contributed by atoms with Gasteiger partial charge in [-0.15, -0.1) is 5.10 Å². The number of pyridine rings is 2. The van der Waals surface area contributed by atoms with E-state index in [1.54, 1.807) is 6.20 Å². The lowest BCUT2D eigenvalue weighted by Gasteiger charge is -2.39. The Balaban J connectivity index is 1.21. The fourth-order valence-corrected chi connectivity index (χ4v) is 4.39. The molecule has 9 nitrogen and oxygen atoms in total. The van der Waals surface area contributed by atoms with Crippen LogP contribution in [0, 0.1) is 0 Å². The van der Waals surface area contributed by atoms with E-state index < -0.39 is 0 Å². The van der Waals surface area contributed by atoms with E-state index in [0.717, 1.165) is 60.3 Å². The van der Waals surface area contributed by atoms with Crippen LogP contribution in [0.15, 0.2) is 49.1 Å². The van der Waals surface area contributed by atoms with Gasteiger partial charge in [0.15, 0.2) is 5.82 Å². The van der Waals surface area contributed by atoms with E-state index in [-0.39, 0.29) is 0 Å². The van der Waals surface area contributed by atoms with Crippen LogP contribution in [0.25, 0.3) is 22.2 Å². The first-order chi connectivity index (χ1) is 17.4. The molecule has 5 heterocycles. The minimum atomic E-state index is 0.304. The molecule has 0 atom stereocenters. The summed E-state index contributed by atoms with van der Waals surface area (Å²) in [5.41, 5.74) is 4.82. The van der Waals surface area contributed by atoms with Crippen LogP contribution < -0.4 is 5.32 Å². The number of hydrogen-bond acceptors (Lipinski definition) is 8. The van der Waals surface area contributed by atoms with Gasteiger partial charge in [0.1, 0.15) is 5.82 Å². The van der Waals surface area contributed by atoms with Crippen LogP contribution in [0.3, 0.4) is 0 Å². The quantitative estimate of drug-likeness (QED) is 0.346. The summed E-state index contributed by atoms with van der Waals surface area (Å²) in [6.07, 6.45) is 9.41. The fraction of sp³-hybridized carbons (Fsp3) is 0.444. The molecule has 4 aromatic rings. The summed E-state index contributed by atoms with van der Waals surface area (Å²) in [5, 5.41) is 16.1. The molecule has 0 radical (unpaired) electrons. The van der Waals surface area contributed by atoms with Gasteiger partial charge in [-0.3, -0.25) is 14.6 Å². The molecule has 188 valence electrons. The highest BCUT2D eigenvalue weighted by Crippen LogP contribution is 2.24. The van der Waals surface area contributed by atoms with E-state index >= 15 is 0 Å². The van der Waals surface area contributed by atoms with Gasteiger partial charge in [0.25, 0.3) is 0 Å². The fourth-order valence-electron chi connectivity index (χ4n) is 4.39. The van der Waals surface area contributed by atoms with Gasteiger partial charge in [-0.25, -0.2) is 4.98 Å². The van der Waals surface area contributed by atoms with Crippen LogP contribution in [0.5, 0.6) is 0 Å². The third-order valence-corrected chi connectivity index (χ3v) is 6.35. The van der Waals surface area contributed by atoms with E-state index in [2.05, 4.69) is 70.5 Å². The van der Waals surface area contributed by atoms with Crippen LogP contribution in [-0.2, 0) is 11.3 Å². The predicted molar refractivity (Wildman–Crippen MR) is 141 cm³/mol. The largest absolute Gasteiger partial charge is 0.373 e. The van der Waals surface area contributed by atoms with Crippen molar-refractivity contribution in [3.05, 3.63) is 54.6 Å². The number of aromatic nitrogens is 6. The van der Waals surface area contributed by atoms with Crippen molar-refractivity contribution in [2.24, 2.45) is 0 Å². The van der Waals surface area contributed by atoms with Gasteiger partial charge in [-0.1, -0.05) is 13.8 Å². The molecule has 1 aliphatic heterocycles. The zero-order chi connectivity index (χ0) is 25.1. The summed E-state index contributed by atoms with van der Waals surface area (Å²) in [4.78, 5) is 11.8. The summed E-state index contributed by atoms with van der Waals surface area (Å²) >= 11 is 0. The van der Waals surface area contributed by atoms with E-state index in [0.29, 0.717) is 29.8 Å². The molecule has 0 saturated carbocycles. The van der Waals surface area contributed by atoms with Crippen molar-refractivity contribution in [3.8, 4) is 11.1 Å². The van der Waals surface area contributed by atoms with Gasteiger partial charge in [0.05, 0.1) is 35.6 Å². The molecule has 5 rings (SSSR count). The first-order valence-electron chi connectivity index (χ1n) is 12.7. The standard InChI is InChI=1S/C27H34N8O/c1-18(2)20-11-27(33-29-13-20)32-26-7-6-24-25(31-26)10-21(12-28-24)22-14-30-35(15-22)9-5-8-34-16-23(17-34)36-19(3)4/h6-7,10-15,18-19,23H,5,8-9,16-17H2,1-4H3,(H,31,32,33). The van der Waals surface area contributed by atoms with E-state index in [1.165, 1.54) is 0 Å². The second-order valence-corrected chi connectivity index (χ2v) is 10.0. The van der Waals surface area contributed by atoms with Gasteiger partial charge in [0, 0.05) is 49.7 Å². The third kappa shape index (κ3) is 5.85. The van der Waals surface area contributed by atoms with E-state index in [9.17, 15) is 0 Å². The Morgan fingerprint density at radius 3 is 2.64 bits per heavy atom. The van der Waals surface area contributed by atoms with Gasteiger partial charge in [-0.05, 0) is 56.0 Å². The number of anilines is 2. The van der Waals surface area contributed by atoms with Crippen LogP contribution in [-0.4, -0.2) is 66.7 Å². The molecule has 0 aliphatic carbocycles. The number of ether oxygens (including phenoxy) is 1. The lowest BCUT2D eigenvalue weighted by atomic mass is 10.1. The first-order valence-corrected chi connectivity index (χ1v) is 12.7. The average Bonchev–Trinajstić information content (AvgIpc) is 3.31. The maximum absolute atomic E-state index is 5.83. The highest BCUT2D eigenvalue weighted by atomic mass is 16.5. The zero-order valence-electron chi connectivity index (χ0n) is 21.4.